The Morgan fingerprint density at radius 1 is 0.917 bits per heavy atom. The van der Waals surface area contributed by atoms with Gasteiger partial charge in [0.05, 0.1) is 6.61 Å². The van der Waals surface area contributed by atoms with Crippen molar-refractivity contribution in [1.82, 2.24) is 0 Å². The summed E-state index contributed by atoms with van der Waals surface area (Å²) in [6, 6.07) is 0. The molecule has 0 radical (unpaired) electrons. The second kappa shape index (κ2) is 9.76. The van der Waals surface area contributed by atoms with Crippen LogP contribution in [0.5, 0.6) is 0 Å². The van der Waals surface area contributed by atoms with Gasteiger partial charge < -0.3 is 5.11 Å². The summed E-state index contributed by atoms with van der Waals surface area (Å²) in [6.07, 6.45) is 14.7. The predicted molar refractivity (Wildman–Crippen MR) is 104 cm³/mol. The van der Waals surface area contributed by atoms with Gasteiger partial charge in [0, 0.05) is 16.7 Å². The monoisotopic (exact) mass is 326 g/mol. The van der Waals surface area contributed by atoms with Gasteiger partial charge in [0.2, 0.25) is 0 Å². The van der Waals surface area contributed by atoms with E-state index in [1.54, 1.807) is 0 Å². The molecule has 0 spiro atoms. The van der Waals surface area contributed by atoms with Gasteiger partial charge in [0.15, 0.2) is 0 Å². The standard InChI is InChI=1S/C12H18.C11H16O/c1-4-9-12(3)10-7-6-8-11(12)5-2;1-3-7-11(2)8-5-4-6-10(11)9-12/h6,8,11H,5,7,10H2,1-3H3;4,6,10,12H,5,8-9H2,1-2H3/t11-,12+;10-,11-/m01/s1. The first-order valence-electron chi connectivity index (χ1n) is 9.27. The summed E-state index contributed by atoms with van der Waals surface area (Å²) in [5.41, 5.74) is 0.247. The molecule has 0 aromatic carbocycles. The van der Waals surface area contributed by atoms with E-state index in [1.807, 2.05) is 13.8 Å². The molecule has 4 atom stereocenters. The van der Waals surface area contributed by atoms with Gasteiger partial charge in [0.25, 0.3) is 0 Å². The molecule has 0 heterocycles. The third-order valence-electron chi connectivity index (χ3n) is 5.49. The maximum Gasteiger partial charge on any atom is 0.0508 e. The van der Waals surface area contributed by atoms with Crippen LogP contribution in [0.3, 0.4) is 0 Å². The molecule has 0 amide bonds. The van der Waals surface area contributed by atoms with E-state index >= 15 is 0 Å². The summed E-state index contributed by atoms with van der Waals surface area (Å²) in [4.78, 5) is 0. The summed E-state index contributed by atoms with van der Waals surface area (Å²) in [6.45, 7) is 10.7. The largest absolute Gasteiger partial charge is 0.396 e. The van der Waals surface area contributed by atoms with Crippen molar-refractivity contribution in [3.63, 3.8) is 0 Å². The fraction of sp³-hybridized carbons (Fsp3) is 0.652. The van der Waals surface area contributed by atoms with Crippen LogP contribution in [0.15, 0.2) is 24.3 Å². The minimum absolute atomic E-state index is 0.00174. The molecule has 2 aliphatic rings. The van der Waals surface area contributed by atoms with Crippen LogP contribution in [-0.2, 0) is 0 Å². The topological polar surface area (TPSA) is 20.2 Å². The third-order valence-corrected chi connectivity index (χ3v) is 5.49. The number of aliphatic hydroxyl groups excluding tert-OH is 1. The zero-order valence-corrected chi connectivity index (χ0v) is 16.2. The molecular formula is C23H34O. The summed E-state index contributed by atoms with van der Waals surface area (Å²) in [5.74, 6) is 13.5. The summed E-state index contributed by atoms with van der Waals surface area (Å²) >= 11 is 0. The Labute approximate surface area is 149 Å². The normalized spacial score (nSPS) is 34.1. The number of hydrogen-bond donors (Lipinski definition) is 1. The van der Waals surface area contributed by atoms with Crippen molar-refractivity contribution in [2.45, 2.75) is 66.7 Å². The van der Waals surface area contributed by atoms with E-state index in [-0.39, 0.29) is 23.4 Å². The van der Waals surface area contributed by atoms with Gasteiger partial charge in [-0.25, -0.2) is 0 Å². The second-order valence-electron chi connectivity index (χ2n) is 7.32. The van der Waals surface area contributed by atoms with Crippen molar-refractivity contribution in [2.24, 2.45) is 22.7 Å². The van der Waals surface area contributed by atoms with Crippen LogP contribution >= 0.6 is 0 Å². The van der Waals surface area contributed by atoms with Gasteiger partial charge in [-0.05, 0) is 65.7 Å². The van der Waals surface area contributed by atoms with E-state index in [9.17, 15) is 0 Å². The first kappa shape index (κ1) is 20.6. The van der Waals surface area contributed by atoms with E-state index in [2.05, 4.69) is 68.8 Å². The fourth-order valence-corrected chi connectivity index (χ4v) is 3.81. The maximum atomic E-state index is 9.13. The van der Waals surface area contributed by atoms with Gasteiger partial charge in [-0.3, -0.25) is 0 Å². The zero-order chi connectivity index (χ0) is 18.1. The second-order valence-corrected chi connectivity index (χ2v) is 7.32. The van der Waals surface area contributed by atoms with Crippen LogP contribution in [0.4, 0.5) is 0 Å². The molecule has 0 aromatic rings. The molecule has 0 unspecified atom stereocenters. The molecule has 2 aliphatic carbocycles. The summed E-state index contributed by atoms with van der Waals surface area (Å²) in [5, 5.41) is 9.13. The molecule has 0 fully saturated rings. The van der Waals surface area contributed by atoms with E-state index in [4.69, 9.17) is 5.11 Å². The van der Waals surface area contributed by atoms with E-state index < -0.39 is 0 Å². The Bertz CT molecular complexity index is 510. The lowest BCUT2D eigenvalue weighted by Crippen LogP contribution is -2.29. The molecule has 0 saturated heterocycles. The predicted octanol–water partition coefficient (Wildman–Crippen LogP) is 5.37. The van der Waals surface area contributed by atoms with Crippen LogP contribution in [0.1, 0.15) is 66.7 Å². The highest BCUT2D eigenvalue weighted by Crippen LogP contribution is 2.38. The number of aliphatic hydroxyl groups is 1. The summed E-state index contributed by atoms with van der Waals surface area (Å²) in [7, 11) is 0. The van der Waals surface area contributed by atoms with Gasteiger partial charge in [-0.1, -0.05) is 43.1 Å². The van der Waals surface area contributed by atoms with Crippen molar-refractivity contribution in [3.8, 4) is 23.7 Å². The zero-order valence-electron chi connectivity index (χ0n) is 16.2. The van der Waals surface area contributed by atoms with E-state index in [0.29, 0.717) is 5.92 Å². The van der Waals surface area contributed by atoms with Gasteiger partial charge in [-0.2, -0.15) is 0 Å². The Balaban J connectivity index is 0.000000240. The van der Waals surface area contributed by atoms with Gasteiger partial charge in [0.1, 0.15) is 0 Å². The Hall–Kier alpha value is -1.44. The maximum absolute atomic E-state index is 9.13. The van der Waals surface area contributed by atoms with Crippen molar-refractivity contribution in [3.05, 3.63) is 24.3 Å². The van der Waals surface area contributed by atoms with Crippen molar-refractivity contribution >= 4 is 0 Å². The third kappa shape index (κ3) is 5.29. The van der Waals surface area contributed by atoms with Crippen molar-refractivity contribution in [1.29, 1.82) is 0 Å². The molecule has 0 bridgehead atoms. The molecular weight excluding hydrogens is 292 g/mol. The number of rotatable bonds is 2. The molecule has 0 aliphatic heterocycles. The number of hydrogen-bond acceptors (Lipinski definition) is 1. The Morgan fingerprint density at radius 3 is 1.79 bits per heavy atom. The van der Waals surface area contributed by atoms with Crippen LogP contribution < -0.4 is 0 Å². The van der Waals surface area contributed by atoms with Gasteiger partial charge in [-0.15, -0.1) is 11.8 Å². The molecule has 24 heavy (non-hydrogen) atoms. The lowest BCUT2D eigenvalue weighted by atomic mass is 9.70. The highest BCUT2D eigenvalue weighted by Gasteiger charge is 2.32. The molecule has 2 rings (SSSR count). The fourth-order valence-electron chi connectivity index (χ4n) is 3.81. The molecule has 0 aromatic heterocycles. The van der Waals surface area contributed by atoms with Crippen LogP contribution in [0, 0.1) is 46.3 Å². The molecule has 1 heteroatoms. The average molecular weight is 327 g/mol. The highest BCUT2D eigenvalue weighted by molar-refractivity contribution is 5.18. The van der Waals surface area contributed by atoms with Crippen molar-refractivity contribution < 1.29 is 5.11 Å². The van der Waals surface area contributed by atoms with Crippen LogP contribution in [-0.4, -0.2) is 11.7 Å². The lowest BCUT2D eigenvalue weighted by molar-refractivity contribution is 0.167. The smallest absolute Gasteiger partial charge is 0.0508 e. The van der Waals surface area contributed by atoms with Gasteiger partial charge >= 0.3 is 0 Å². The molecule has 1 N–H and O–H groups in total. The SMILES string of the molecule is CC#C[C@]1(C)CCC=C[C@@H]1CC.CC#C[C@]1(C)CCC=C[C@@H]1CO. The molecule has 0 saturated carbocycles. The summed E-state index contributed by atoms with van der Waals surface area (Å²) < 4.78 is 0. The minimum atomic E-state index is -0.00174. The first-order valence-corrected chi connectivity index (χ1v) is 9.27. The molecule has 1 nitrogen and oxygen atoms in total. The van der Waals surface area contributed by atoms with E-state index in [0.717, 1.165) is 12.8 Å². The number of allylic oxidation sites excluding steroid dienone is 3. The Morgan fingerprint density at radius 2 is 1.38 bits per heavy atom. The highest BCUT2D eigenvalue weighted by atomic mass is 16.3. The van der Waals surface area contributed by atoms with Crippen molar-refractivity contribution in [2.75, 3.05) is 6.61 Å². The van der Waals surface area contributed by atoms with Crippen LogP contribution in [0.2, 0.25) is 0 Å². The Kier molecular flexibility index (Phi) is 8.38. The van der Waals surface area contributed by atoms with Crippen LogP contribution in [0.25, 0.3) is 0 Å². The minimum Gasteiger partial charge on any atom is -0.396 e. The average Bonchev–Trinajstić information content (AvgIpc) is 2.56. The van der Waals surface area contributed by atoms with E-state index in [1.165, 1.54) is 19.3 Å². The lowest BCUT2D eigenvalue weighted by Gasteiger charge is -2.33. The first-order chi connectivity index (χ1) is 11.5. The quantitative estimate of drug-likeness (QED) is 0.534. The molecule has 132 valence electrons.